The third-order valence-electron chi connectivity index (χ3n) is 1.36. The maximum atomic E-state index is 10.5. The molecule has 0 aliphatic rings. The van der Waals surface area contributed by atoms with Crippen molar-refractivity contribution in [3.63, 3.8) is 0 Å². The van der Waals surface area contributed by atoms with E-state index in [9.17, 15) is 4.79 Å². The summed E-state index contributed by atoms with van der Waals surface area (Å²) in [5, 5.41) is 0. The molecular formula is C9H9IO2. The SMILES string of the molecule is CC(=O)OCc1ccc(I)cc1. The second-order valence-corrected chi connectivity index (χ2v) is 3.65. The van der Waals surface area contributed by atoms with E-state index in [4.69, 9.17) is 4.74 Å². The Labute approximate surface area is 85.1 Å². The van der Waals surface area contributed by atoms with Crippen LogP contribution in [0.15, 0.2) is 24.3 Å². The number of carbonyl (C=O) groups is 1. The molecule has 1 aromatic carbocycles. The molecule has 0 heterocycles. The number of halogens is 1. The van der Waals surface area contributed by atoms with Crippen molar-refractivity contribution < 1.29 is 9.53 Å². The van der Waals surface area contributed by atoms with Crippen molar-refractivity contribution in [3.8, 4) is 0 Å². The van der Waals surface area contributed by atoms with Crippen LogP contribution in [0.3, 0.4) is 0 Å². The Kier molecular flexibility index (Phi) is 3.52. The number of rotatable bonds is 2. The fourth-order valence-corrected chi connectivity index (χ4v) is 1.13. The zero-order valence-corrected chi connectivity index (χ0v) is 8.87. The number of ether oxygens (including phenoxy) is 1. The first-order valence-corrected chi connectivity index (χ1v) is 4.64. The molecule has 2 nitrogen and oxygen atoms in total. The van der Waals surface area contributed by atoms with Crippen molar-refractivity contribution in [2.75, 3.05) is 0 Å². The lowest BCUT2D eigenvalue weighted by molar-refractivity contribution is -0.142. The molecule has 0 saturated carbocycles. The lowest BCUT2D eigenvalue weighted by Gasteiger charge is -2.01. The van der Waals surface area contributed by atoms with Crippen LogP contribution in [0.4, 0.5) is 0 Å². The van der Waals surface area contributed by atoms with E-state index in [1.807, 2.05) is 24.3 Å². The number of carbonyl (C=O) groups excluding carboxylic acids is 1. The van der Waals surface area contributed by atoms with Crippen molar-refractivity contribution in [2.24, 2.45) is 0 Å². The Morgan fingerprint density at radius 1 is 1.42 bits per heavy atom. The molecule has 1 rings (SSSR count). The molecule has 1 aromatic rings. The summed E-state index contributed by atoms with van der Waals surface area (Å²) < 4.78 is 6.01. The smallest absolute Gasteiger partial charge is 0.302 e. The van der Waals surface area contributed by atoms with Gasteiger partial charge >= 0.3 is 5.97 Å². The summed E-state index contributed by atoms with van der Waals surface area (Å²) in [7, 11) is 0. The minimum absolute atomic E-state index is 0.242. The Morgan fingerprint density at radius 2 is 2.00 bits per heavy atom. The maximum absolute atomic E-state index is 10.5. The fraction of sp³-hybridized carbons (Fsp3) is 0.222. The molecule has 0 saturated heterocycles. The highest BCUT2D eigenvalue weighted by Gasteiger charge is 1.95. The van der Waals surface area contributed by atoms with Crippen LogP contribution in [0.5, 0.6) is 0 Å². The standard InChI is InChI=1S/C9H9IO2/c1-7(11)12-6-8-2-4-9(10)5-3-8/h2-5H,6H2,1H3. The van der Waals surface area contributed by atoms with Gasteiger partial charge < -0.3 is 4.74 Å². The summed E-state index contributed by atoms with van der Waals surface area (Å²) in [6.45, 7) is 1.78. The highest BCUT2D eigenvalue weighted by atomic mass is 127. The van der Waals surface area contributed by atoms with Crippen LogP contribution < -0.4 is 0 Å². The van der Waals surface area contributed by atoms with Crippen molar-refractivity contribution in [1.82, 2.24) is 0 Å². The Hall–Kier alpha value is -0.580. The summed E-state index contributed by atoms with van der Waals surface area (Å²) in [4.78, 5) is 10.5. The van der Waals surface area contributed by atoms with Gasteiger partial charge in [-0.2, -0.15) is 0 Å². The van der Waals surface area contributed by atoms with Gasteiger partial charge in [-0.25, -0.2) is 0 Å². The molecule has 0 spiro atoms. The van der Waals surface area contributed by atoms with Crippen molar-refractivity contribution in [2.45, 2.75) is 13.5 Å². The largest absolute Gasteiger partial charge is 0.461 e. The van der Waals surface area contributed by atoms with Crippen molar-refractivity contribution >= 4 is 28.6 Å². The highest BCUT2D eigenvalue weighted by Crippen LogP contribution is 2.07. The van der Waals surface area contributed by atoms with Gasteiger partial charge in [0.25, 0.3) is 0 Å². The Bertz CT molecular complexity index is 266. The minimum atomic E-state index is -0.242. The Morgan fingerprint density at radius 3 is 2.50 bits per heavy atom. The minimum Gasteiger partial charge on any atom is -0.461 e. The highest BCUT2D eigenvalue weighted by molar-refractivity contribution is 14.1. The number of hydrogen-bond donors (Lipinski definition) is 0. The first-order valence-electron chi connectivity index (χ1n) is 3.56. The van der Waals surface area contributed by atoms with Crippen LogP contribution in [0.2, 0.25) is 0 Å². The molecule has 0 unspecified atom stereocenters. The average Bonchev–Trinajstić information content (AvgIpc) is 2.03. The Balaban J connectivity index is 2.53. The molecule has 0 radical (unpaired) electrons. The van der Waals surface area contributed by atoms with Gasteiger partial charge in [-0.1, -0.05) is 12.1 Å². The molecule has 0 atom stereocenters. The molecule has 0 aliphatic heterocycles. The monoisotopic (exact) mass is 276 g/mol. The maximum Gasteiger partial charge on any atom is 0.302 e. The van der Waals surface area contributed by atoms with Crippen LogP contribution in [0.1, 0.15) is 12.5 Å². The zero-order valence-electron chi connectivity index (χ0n) is 6.71. The summed E-state index contributed by atoms with van der Waals surface area (Å²) in [6.07, 6.45) is 0. The molecule has 0 aromatic heterocycles. The predicted molar refractivity (Wildman–Crippen MR) is 54.6 cm³/mol. The first-order chi connectivity index (χ1) is 5.68. The van der Waals surface area contributed by atoms with Gasteiger partial charge in [0.1, 0.15) is 6.61 Å². The van der Waals surface area contributed by atoms with Gasteiger partial charge in [-0.3, -0.25) is 4.79 Å². The molecular weight excluding hydrogens is 267 g/mol. The molecule has 3 heteroatoms. The summed E-state index contributed by atoms with van der Waals surface area (Å²) in [5.74, 6) is -0.242. The summed E-state index contributed by atoms with van der Waals surface area (Å²) in [5.41, 5.74) is 1.02. The molecule has 0 N–H and O–H groups in total. The molecule has 0 amide bonds. The van der Waals surface area contributed by atoms with Crippen LogP contribution in [-0.4, -0.2) is 5.97 Å². The van der Waals surface area contributed by atoms with Gasteiger partial charge in [-0.05, 0) is 40.3 Å². The van der Waals surface area contributed by atoms with Gasteiger partial charge in [-0.15, -0.1) is 0 Å². The van der Waals surface area contributed by atoms with E-state index < -0.39 is 0 Å². The molecule has 0 bridgehead atoms. The lowest BCUT2D eigenvalue weighted by Crippen LogP contribution is -1.98. The van der Waals surface area contributed by atoms with E-state index in [2.05, 4.69) is 22.6 Å². The fourth-order valence-electron chi connectivity index (χ4n) is 0.766. The predicted octanol–water partition coefficient (Wildman–Crippen LogP) is 2.35. The topological polar surface area (TPSA) is 26.3 Å². The number of hydrogen-bond acceptors (Lipinski definition) is 2. The second kappa shape index (κ2) is 4.45. The third-order valence-corrected chi connectivity index (χ3v) is 2.07. The van der Waals surface area contributed by atoms with Crippen molar-refractivity contribution in [3.05, 3.63) is 33.4 Å². The molecule has 64 valence electrons. The van der Waals surface area contributed by atoms with E-state index in [-0.39, 0.29) is 5.97 Å². The lowest BCUT2D eigenvalue weighted by atomic mass is 10.2. The average molecular weight is 276 g/mol. The third kappa shape index (κ3) is 3.21. The molecule has 0 aliphatic carbocycles. The number of benzene rings is 1. The number of esters is 1. The van der Waals surface area contributed by atoms with E-state index in [0.29, 0.717) is 6.61 Å². The van der Waals surface area contributed by atoms with E-state index in [1.165, 1.54) is 10.5 Å². The van der Waals surface area contributed by atoms with Gasteiger partial charge in [0.15, 0.2) is 0 Å². The summed E-state index contributed by atoms with van der Waals surface area (Å²) >= 11 is 2.23. The van der Waals surface area contributed by atoms with Crippen LogP contribution in [0.25, 0.3) is 0 Å². The molecule has 0 fully saturated rings. The first kappa shape index (κ1) is 9.51. The van der Waals surface area contributed by atoms with Gasteiger partial charge in [0, 0.05) is 10.5 Å². The van der Waals surface area contributed by atoms with Crippen LogP contribution in [-0.2, 0) is 16.1 Å². The summed E-state index contributed by atoms with van der Waals surface area (Å²) in [6, 6.07) is 7.87. The van der Waals surface area contributed by atoms with Crippen LogP contribution in [0, 0.1) is 3.57 Å². The van der Waals surface area contributed by atoms with Gasteiger partial charge in [0.05, 0.1) is 0 Å². The normalized spacial score (nSPS) is 9.50. The quantitative estimate of drug-likeness (QED) is 0.612. The van der Waals surface area contributed by atoms with Crippen LogP contribution >= 0.6 is 22.6 Å². The van der Waals surface area contributed by atoms with Gasteiger partial charge in [0.2, 0.25) is 0 Å². The van der Waals surface area contributed by atoms with Crippen molar-refractivity contribution in [1.29, 1.82) is 0 Å². The van der Waals surface area contributed by atoms with E-state index in [1.54, 1.807) is 0 Å². The molecule has 12 heavy (non-hydrogen) atoms. The zero-order chi connectivity index (χ0) is 8.97. The van der Waals surface area contributed by atoms with E-state index in [0.717, 1.165) is 5.56 Å². The second-order valence-electron chi connectivity index (χ2n) is 2.41. The van der Waals surface area contributed by atoms with E-state index >= 15 is 0 Å².